The predicted molar refractivity (Wildman–Crippen MR) is 31.3 cm³/mol. The number of halogens is 1. The number of nitrogens with one attached hydrogen (secondary N) is 1. The molecule has 3 heteroatoms. The van der Waals surface area contributed by atoms with Gasteiger partial charge in [0, 0.05) is 6.54 Å². The van der Waals surface area contributed by atoms with Crippen LogP contribution in [0.2, 0.25) is 0 Å². The molecule has 1 radical (unpaired) electrons. The van der Waals surface area contributed by atoms with Crippen molar-refractivity contribution in [1.82, 2.24) is 5.32 Å². The van der Waals surface area contributed by atoms with Crippen molar-refractivity contribution < 1.29 is 5.11 Å². The summed E-state index contributed by atoms with van der Waals surface area (Å²) in [6.45, 7) is 0.572. The van der Waals surface area contributed by atoms with Crippen molar-refractivity contribution in [3.05, 3.63) is 23.1 Å². The van der Waals surface area contributed by atoms with Crippen molar-refractivity contribution in [2.24, 2.45) is 0 Å². The molecule has 0 spiro atoms. The van der Waals surface area contributed by atoms with Gasteiger partial charge in [0.05, 0.1) is 0 Å². The number of hydrogen-bond acceptors (Lipinski definition) is 2. The third-order valence-electron chi connectivity index (χ3n) is 0.809. The summed E-state index contributed by atoms with van der Waals surface area (Å²) >= 11 is 5.41. The Bertz CT molecular complexity index is 151. The molecule has 0 fully saturated rings. The van der Waals surface area contributed by atoms with Crippen LogP contribution in [0.5, 0.6) is 0 Å². The van der Waals surface area contributed by atoms with E-state index in [1.165, 1.54) is 6.08 Å². The van der Waals surface area contributed by atoms with Crippen LogP contribution in [0.1, 0.15) is 0 Å². The second-order valence-corrected chi connectivity index (χ2v) is 1.78. The maximum Gasteiger partial charge on any atom is 0.150 e. The highest BCUT2D eigenvalue weighted by Gasteiger charge is 2.00. The number of aliphatic hydroxyl groups is 1. The molecule has 0 saturated carbocycles. The summed E-state index contributed by atoms with van der Waals surface area (Å²) in [5.74, 6) is 0.0536. The van der Waals surface area contributed by atoms with Crippen molar-refractivity contribution in [2.75, 3.05) is 6.54 Å². The first-order valence-electron chi connectivity index (χ1n) is 2.20. The van der Waals surface area contributed by atoms with E-state index in [9.17, 15) is 0 Å². The van der Waals surface area contributed by atoms with Crippen LogP contribution in [0.15, 0.2) is 17.0 Å². The number of hydrogen-bond donors (Lipinski definition) is 2. The van der Waals surface area contributed by atoms with Crippen LogP contribution in [0.4, 0.5) is 0 Å². The fraction of sp³-hybridized carbons (Fsp3) is 0.200. The van der Waals surface area contributed by atoms with Gasteiger partial charge >= 0.3 is 0 Å². The molecule has 0 aromatic rings. The number of aliphatic hydroxyl groups excluding tert-OH is 1. The van der Waals surface area contributed by atoms with Crippen LogP contribution in [0.3, 0.4) is 0 Å². The van der Waals surface area contributed by atoms with E-state index >= 15 is 0 Å². The average Bonchev–Trinajstić information content (AvgIpc) is 1.77. The van der Waals surface area contributed by atoms with Crippen molar-refractivity contribution >= 4 is 11.6 Å². The van der Waals surface area contributed by atoms with Gasteiger partial charge in [0.2, 0.25) is 0 Å². The Balaban J connectivity index is 2.76. The van der Waals surface area contributed by atoms with Gasteiger partial charge in [0.1, 0.15) is 5.16 Å². The molecule has 1 heterocycles. The minimum absolute atomic E-state index is 0.0536. The van der Waals surface area contributed by atoms with E-state index in [-0.39, 0.29) is 5.76 Å². The molecular weight excluding hydrogens is 126 g/mol. The summed E-state index contributed by atoms with van der Waals surface area (Å²) in [6, 6.07) is 0. The van der Waals surface area contributed by atoms with E-state index in [0.29, 0.717) is 11.7 Å². The summed E-state index contributed by atoms with van der Waals surface area (Å²) in [6.07, 6.45) is 4.18. The van der Waals surface area contributed by atoms with Crippen molar-refractivity contribution in [3.63, 3.8) is 0 Å². The Morgan fingerprint density at radius 1 is 1.88 bits per heavy atom. The molecular formula is C5H5ClNO. The van der Waals surface area contributed by atoms with Crippen LogP contribution in [-0.2, 0) is 0 Å². The standard InChI is InChI=1S/C5H5ClNO/c6-5-4(8)2-1-3-7-5/h2,7-8H,3H2. The van der Waals surface area contributed by atoms with Crippen LogP contribution in [0, 0.1) is 6.08 Å². The molecule has 0 aromatic carbocycles. The summed E-state index contributed by atoms with van der Waals surface area (Å²) in [5, 5.41) is 11.7. The van der Waals surface area contributed by atoms with Crippen LogP contribution >= 0.6 is 11.6 Å². The highest BCUT2D eigenvalue weighted by molar-refractivity contribution is 6.29. The van der Waals surface area contributed by atoms with Crippen LogP contribution < -0.4 is 5.32 Å². The zero-order chi connectivity index (χ0) is 5.98. The van der Waals surface area contributed by atoms with Gasteiger partial charge in [-0.05, 0) is 12.2 Å². The lowest BCUT2D eigenvalue weighted by atomic mass is 10.4. The summed E-state index contributed by atoms with van der Waals surface area (Å²) in [5.41, 5.74) is 0. The molecule has 0 amide bonds. The van der Waals surface area contributed by atoms with Crippen molar-refractivity contribution in [2.45, 2.75) is 0 Å². The molecule has 8 heavy (non-hydrogen) atoms. The molecule has 0 unspecified atom stereocenters. The third kappa shape index (κ3) is 0.954. The molecule has 2 nitrogen and oxygen atoms in total. The Hall–Kier alpha value is -0.630. The Labute approximate surface area is 52.5 Å². The van der Waals surface area contributed by atoms with Crippen molar-refractivity contribution in [1.29, 1.82) is 0 Å². The number of allylic oxidation sites excluding steroid dienone is 1. The highest BCUT2D eigenvalue weighted by atomic mass is 35.5. The lowest BCUT2D eigenvalue weighted by molar-refractivity contribution is 0.421. The fourth-order valence-corrected chi connectivity index (χ4v) is 0.552. The lowest BCUT2D eigenvalue weighted by Gasteiger charge is -2.05. The summed E-state index contributed by atoms with van der Waals surface area (Å²) in [7, 11) is 0. The molecule has 1 aliphatic rings. The molecule has 0 saturated heterocycles. The predicted octanol–water partition coefficient (Wildman–Crippen LogP) is 0.915. The van der Waals surface area contributed by atoms with Crippen molar-refractivity contribution in [3.8, 4) is 0 Å². The van der Waals surface area contributed by atoms with Gasteiger partial charge in [0.25, 0.3) is 0 Å². The second-order valence-electron chi connectivity index (χ2n) is 1.40. The molecule has 1 rings (SSSR count). The van der Waals surface area contributed by atoms with Gasteiger partial charge in [-0.3, -0.25) is 0 Å². The second kappa shape index (κ2) is 2.09. The van der Waals surface area contributed by atoms with E-state index in [1.807, 2.05) is 0 Å². The van der Waals surface area contributed by atoms with Gasteiger partial charge in [-0.2, -0.15) is 0 Å². The van der Waals surface area contributed by atoms with Gasteiger partial charge < -0.3 is 10.4 Å². The van der Waals surface area contributed by atoms with Gasteiger partial charge in [-0.25, -0.2) is 0 Å². The first-order chi connectivity index (χ1) is 3.80. The molecule has 0 atom stereocenters. The average molecular weight is 131 g/mol. The maximum atomic E-state index is 8.74. The molecule has 1 aliphatic heterocycles. The van der Waals surface area contributed by atoms with E-state index < -0.39 is 0 Å². The van der Waals surface area contributed by atoms with E-state index in [0.717, 1.165) is 0 Å². The maximum absolute atomic E-state index is 8.74. The SMILES string of the molecule is OC1=C(Cl)NC[C]=C1. The first-order valence-corrected chi connectivity index (χ1v) is 2.58. The third-order valence-corrected chi connectivity index (χ3v) is 1.14. The number of dihydropyridines is 1. The molecule has 0 bridgehead atoms. The smallest absolute Gasteiger partial charge is 0.150 e. The van der Waals surface area contributed by atoms with E-state index in [2.05, 4.69) is 11.4 Å². The van der Waals surface area contributed by atoms with Gasteiger partial charge in [0.15, 0.2) is 5.76 Å². The van der Waals surface area contributed by atoms with E-state index in [4.69, 9.17) is 16.7 Å². The van der Waals surface area contributed by atoms with Crippen LogP contribution in [0.25, 0.3) is 0 Å². The fourth-order valence-electron chi connectivity index (χ4n) is 0.430. The monoisotopic (exact) mass is 130 g/mol. The minimum Gasteiger partial charge on any atom is -0.505 e. The minimum atomic E-state index is 0.0536. The highest BCUT2D eigenvalue weighted by Crippen LogP contribution is 2.06. The lowest BCUT2D eigenvalue weighted by Crippen LogP contribution is -2.14. The normalized spacial score (nSPS) is 18.6. The molecule has 0 aliphatic carbocycles. The quantitative estimate of drug-likeness (QED) is 0.478. The van der Waals surface area contributed by atoms with Crippen LogP contribution in [-0.4, -0.2) is 11.7 Å². The van der Waals surface area contributed by atoms with Gasteiger partial charge in [-0.1, -0.05) is 11.6 Å². The topological polar surface area (TPSA) is 32.3 Å². The number of rotatable bonds is 0. The first kappa shape index (κ1) is 5.51. The Morgan fingerprint density at radius 2 is 2.62 bits per heavy atom. The zero-order valence-corrected chi connectivity index (χ0v) is 4.87. The molecule has 0 aromatic heterocycles. The zero-order valence-electron chi connectivity index (χ0n) is 4.11. The Morgan fingerprint density at radius 3 is 3.00 bits per heavy atom. The molecule has 43 valence electrons. The van der Waals surface area contributed by atoms with Gasteiger partial charge in [-0.15, -0.1) is 0 Å². The van der Waals surface area contributed by atoms with E-state index in [1.54, 1.807) is 0 Å². The Kier molecular flexibility index (Phi) is 1.44. The molecule has 2 N–H and O–H groups in total. The summed E-state index contributed by atoms with van der Waals surface area (Å²) in [4.78, 5) is 0. The summed E-state index contributed by atoms with van der Waals surface area (Å²) < 4.78 is 0. The largest absolute Gasteiger partial charge is 0.505 e.